The van der Waals surface area contributed by atoms with Gasteiger partial charge in [0, 0.05) is 12.1 Å². The minimum atomic E-state index is -1.08. The summed E-state index contributed by atoms with van der Waals surface area (Å²) in [6, 6.07) is 3.54. The SMILES string of the molecule is CC(C)(NCc1c(F)cc(C#N)cc1F)C(N)=O. The molecule has 6 heteroatoms. The zero-order valence-corrected chi connectivity index (χ0v) is 10.1. The van der Waals surface area contributed by atoms with Crippen LogP contribution in [0.3, 0.4) is 0 Å². The average Bonchev–Trinajstić information content (AvgIpc) is 2.27. The first-order valence-electron chi connectivity index (χ1n) is 5.21. The third kappa shape index (κ3) is 3.02. The summed E-state index contributed by atoms with van der Waals surface area (Å²) >= 11 is 0. The van der Waals surface area contributed by atoms with E-state index in [-0.39, 0.29) is 17.7 Å². The van der Waals surface area contributed by atoms with Crippen LogP contribution in [0.2, 0.25) is 0 Å². The Morgan fingerprint density at radius 3 is 2.33 bits per heavy atom. The van der Waals surface area contributed by atoms with Crippen LogP contribution in [0, 0.1) is 23.0 Å². The zero-order chi connectivity index (χ0) is 13.9. The van der Waals surface area contributed by atoms with Crippen LogP contribution in [0.15, 0.2) is 12.1 Å². The van der Waals surface area contributed by atoms with Crippen LogP contribution < -0.4 is 11.1 Å². The Kier molecular flexibility index (Phi) is 3.99. The summed E-state index contributed by atoms with van der Waals surface area (Å²) in [4.78, 5) is 11.0. The van der Waals surface area contributed by atoms with E-state index in [4.69, 9.17) is 11.0 Å². The number of benzene rings is 1. The van der Waals surface area contributed by atoms with Crippen molar-refractivity contribution in [1.82, 2.24) is 5.32 Å². The Labute approximate surface area is 103 Å². The van der Waals surface area contributed by atoms with Gasteiger partial charge in [-0.25, -0.2) is 8.78 Å². The molecule has 0 aliphatic rings. The van der Waals surface area contributed by atoms with E-state index in [1.165, 1.54) is 13.8 Å². The van der Waals surface area contributed by atoms with E-state index in [0.717, 1.165) is 12.1 Å². The minimum absolute atomic E-state index is 0.0945. The molecule has 1 rings (SSSR count). The van der Waals surface area contributed by atoms with E-state index in [1.807, 2.05) is 0 Å². The van der Waals surface area contributed by atoms with Gasteiger partial charge in [0.1, 0.15) is 11.6 Å². The summed E-state index contributed by atoms with van der Waals surface area (Å²) in [5.74, 6) is -2.30. The highest BCUT2D eigenvalue weighted by molar-refractivity contribution is 5.83. The summed E-state index contributed by atoms with van der Waals surface area (Å²) in [5.41, 5.74) is 3.72. The second-order valence-corrected chi connectivity index (χ2v) is 4.37. The fourth-order valence-corrected chi connectivity index (χ4v) is 1.23. The van der Waals surface area contributed by atoms with Crippen molar-refractivity contribution in [3.63, 3.8) is 0 Å². The molecule has 0 radical (unpaired) electrons. The lowest BCUT2D eigenvalue weighted by Crippen LogP contribution is -2.50. The monoisotopic (exact) mass is 253 g/mol. The number of primary amides is 1. The van der Waals surface area contributed by atoms with E-state index in [2.05, 4.69) is 5.32 Å². The molecule has 1 aromatic carbocycles. The summed E-state index contributed by atoms with van der Waals surface area (Å²) in [5, 5.41) is 11.2. The number of rotatable bonds is 4. The molecule has 0 fully saturated rings. The Morgan fingerprint density at radius 2 is 1.94 bits per heavy atom. The molecular formula is C12H13F2N3O. The molecular weight excluding hydrogens is 240 g/mol. The summed E-state index contributed by atoms with van der Waals surface area (Å²) in [6.45, 7) is 2.82. The highest BCUT2D eigenvalue weighted by Crippen LogP contribution is 2.16. The maximum absolute atomic E-state index is 13.5. The highest BCUT2D eigenvalue weighted by Gasteiger charge is 2.25. The van der Waals surface area contributed by atoms with Crippen LogP contribution in [0.4, 0.5) is 8.78 Å². The lowest BCUT2D eigenvalue weighted by atomic mass is 10.0. The summed E-state index contributed by atoms with van der Waals surface area (Å²) in [7, 11) is 0. The molecule has 1 aromatic rings. The molecule has 0 bridgehead atoms. The number of carbonyl (C=O) groups is 1. The third-order valence-corrected chi connectivity index (χ3v) is 2.59. The van der Waals surface area contributed by atoms with Gasteiger partial charge < -0.3 is 5.73 Å². The summed E-state index contributed by atoms with van der Waals surface area (Å²) < 4.78 is 27.1. The number of amides is 1. The largest absolute Gasteiger partial charge is 0.368 e. The molecule has 0 heterocycles. The number of nitrogens with zero attached hydrogens (tertiary/aromatic N) is 1. The van der Waals surface area contributed by atoms with Crippen LogP contribution in [-0.2, 0) is 11.3 Å². The number of hydrogen-bond acceptors (Lipinski definition) is 3. The van der Waals surface area contributed by atoms with Gasteiger partial charge in [-0.1, -0.05) is 0 Å². The van der Waals surface area contributed by atoms with Crippen LogP contribution in [0.25, 0.3) is 0 Å². The molecule has 0 aromatic heterocycles. The third-order valence-electron chi connectivity index (χ3n) is 2.59. The van der Waals surface area contributed by atoms with E-state index in [1.54, 1.807) is 6.07 Å². The van der Waals surface area contributed by atoms with Crippen molar-refractivity contribution in [3.05, 3.63) is 34.9 Å². The van der Waals surface area contributed by atoms with Gasteiger partial charge in [-0.05, 0) is 26.0 Å². The Hall–Kier alpha value is -2.00. The smallest absolute Gasteiger partial charge is 0.237 e. The second-order valence-electron chi connectivity index (χ2n) is 4.37. The van der Waals surface area contributed by atoms with Crippen molar-refractivity contribution in [2.45, 2.75) is 25.9 Å². The summed E-state index contributed by atoms with van der Waals surface area (Å²) in [6.07, 6.45) is 0. The molecule has 0 saturated carbocycles. The average molecular weight is 253 g/mol. The van der Waals surface area contributed by atoms with Crippen LogP contribution >= 0.6 is 0 Å². The first kappa shape index (κ1) is 14.1. The second kappa shape index (κ2) is 5.10. The van der Waals surface area contributed by atoms with E-state index in [0.29, 0.717) is 0 Å². The van der Waals surface area contributed by atoms with Crippen LogP contribution in [0.1, 0.15) is 25.0 Å². The van der Waals surface area contributed by atoms with Gasteiger partial charge in [-0.2, -0.15) is 5.26 Å². The molecule has 4 nitrogen and oxygen atoms in total. The molecule has 0 unspecified atom stereocenters. The van der Waals surface area contributed by atoms with Gasteiger partial charge >= 0.3 is 0 Å². The number of hydrogen-bond donors (Lipinski definition) is 2. The fourth-order valence-electron chi connectivity index (χ4n) is 1.23. The van der Waals surface area contributed by atoms with Crippen molar-refractivity contribution in [3.8, 4) is 6.07 Å². The molecule has 18 heavy (non-hydrogen) atoms. The molecule has 3 N–H and O–H groups in total. The van der Waals surface area contributed by atoms with Crippen LogP contribution in [0.5, 0.6) is 0 Å². The predicted molar refractivity (Wildman–Crippen MR) is 61.2 cm³/mol. The Morgan fingerprint density at radius 1 is 1.44 bits per heavy atom. The fraction of sp³-hybridized carbons (Fsp3) is 0.333. The first-order valence-corrected chi connectivity index (χ1v) is 5.21. The number of carbonyl (C=O) groups excluding carboxylic acids is 1. The highest BCUT2D eigenvalue weighted by atomic mass is 19.1. The normalized spacial score (nSPS) is 11.1. The number of halogens is 2. The van der Waals surface area contributed by atoms with Gasteiger partial charge in [0.05, 0.1) is 17.2 Å². The molecule has 0 spiro atoms. The molecule has 1 amide bonds. The van der Waals surface area contributed by atoms with E-state index < -0.39 is 23.1 Å². The van der Waals surface area contributed by atoms with Crippen molar-refractivity contribution in [1.29, 1.82) is 5.26 Å². The molecule has 0 atom stereocenters. The van der Waals surface area contributed by atoms with Crippen molar-refractivity contribution < 1.29 is 13.6 Å². The lowest BCUT2D eigenvalue weighted by Gasteiger charge is -2.22. The van der Waals surface area contributed by atoms with Crippen LogP contribution in [-0.4, -0.2) is 11.4 Å². The molecule has 0 saturated heterocycles. The molecule has 0 aliphatic carbocycles. The van der Waals surface area contributed by atoms with Crippen molar-refractivity contribution in [2.24, 2.45) is 5.73 Å². The van der Waals surface area contributed by atoms with Crippen molar-refractivity contribution in [2.75, 3.05) is 0 Å². The standard InChI is InChI=1S/C12H13F2N3O/c1-12(2,11(16)18)17-6-8-9(13)3-7(5-15)4-10(8)14/h3-4,17H,6H2,1-2H3,(H2,16,18). The van der Waals surface area contributed by atoms with E-state index in [9.17, 15) is 13.6 Å². The quantitative estimate of drug-likeness (QED) is 0.846. The molecule has 96 valence electrons. The number of nitriles is 1. The van der Waals surface area contributed by atoms with Gasteiger partial charge in [0.15, 0.2) is 0 Å². The number of nitrogens with one attached hydrogen (secondary N) is 1. The van der Waals surface area contributed by atoms with Gasteiger partial charge in [-0.3, -0.25) is 10.1 Å². The maximum Gasteiger partial charge on any atom is 0.237 e. The first-order chi connectivity index (χ1) is 8.27. The van der Waals surface area contributed by atoms with Gasteiger partial charge in [0.2, 0.25) is 5.91 Å². The Balaban J connectivity index is 2.94. The van der Waals surface area contributed by atoms with Gasteiger partial charge in [0.25, 0.3) is 0 Å². The van der Waals surface area contributed by atoms with E-state index >= 15 is 0 Å². The van der Waals surface area contributed by atoms with Gasteiger partial charge in [-0.15, -0.1) is 0 Å². The topological polar surface area (TPSA) is 78.9 Å². The number of nitrogens with two attached hydrogens (primary N) is 1. The van der Waals surface area contributed by atoms with Crippen molar-refractivity contribution >= 4 is 5.91 Å². The lowest BCUT2D eigenvalue weighted by molar-refractivity contribution is -0.123. The minimum Gasteiger partial charge on any atom is -0.368 e. The maximum atomic E-state index is 13.5. The Bertz CT molecular complexity index is 498. The predicted octanol–water partition coefficient (Wildman–Crippen LogP) is 1.19. The zero-order valence-electron chi connectivity index (χ0n) is 10.1. The molecule has 0 aliphatic heterocycles.